The van der Waals surface area contributed by atoms with Gasteiger partial charge in [-0.2, -0.15) is 0 Å². The van der Waals surface area contributed by atoms with Crippen LogP contribution in [0, 0.1) is 0 Å². The van der Waals surface area contributed by atoms with Crippen LogP contribution >= 0.6 is 39.1 Å². The van der Waals surface area contributed by atoms with Crippen molar-refractivity contribution < 1.29 is 0 Å². The van der Waals surface area contributed by atoms with Gasteiger partial charge in [-0.15, -0.1) is 0 Å². The fourth-order valence-electron chi connectivity index (χ4n) is 0.970. The van der Waals surface area contributed by atoms with E-state index in [0.717, 1.165) is 5.69 Å². The van der Waals surface area contributed by atoms with Crippen molar-refractivity contribution in [3.05, 3.63) is 26.4 Å². The molecule has 0 fully saturated rings. The van der Waals surface area contributed by atoms with Gasteiger partial charge in [0.1, 0.15) is 4.60 Å². The summed E-state index contributed by atoms with van der Waals surface area (Å²) in [5.74, 6) is 0. The van der Waals surface area contributed by atoms with E-state index in [1.54, 1.807) is 6.07 Å². The fraction of sp³-hybridized carbons (Fsp3) is 0.444. The molecule has 0 aromatic carbocycles. The van der Waals surface area contributed by atoms with E-state index in [-0.39, 0.29) is 5.41 Å². The second-order valence-electron chi connectivity index (χ2n) is 3.84. The van der Waals surface area contributed by atoms with Gasteiger partial charge in [0, 0.05) is 5.41 Å². The van der Waals surface area contributed by atoms with E-state index in [2.05, 4.69) is 41.7 Å². The third kappa shape index (κ3) is 2.58. The molecule has 0 aliphatic heterocycles. The van der Waals surface area contributed by atoms with E-state index in [0.29, 0.717) is 14.6 Å². The maximum Gasteiger partial charge on any atom is 0.125 e. The Balaban J connectivity index is 3.32. The van der Waals surface area contributed by atoms with Gasteiger partial charge >= 0.3 is 0 Å². The molecule has 0 unspecified atom stereocenters. The number of rotatable bonds is 0. The minimum atomic E-state index is -0.0653. The number of hydrogen-bond donors (Lipinski definition) is 0. The molecule has 0 amide bonds. The molecular weight excluding hydrogens is 273 g/mol. The van der Waals surface area contributed by atoms with Gasteiger partial charge in [-0.1, -0.05) is 44.0 Å². The number of halogens is 3. The average molecular weight is 283 g/mol. The SMILES string of the molecule is CC(C)(C)c1nc(Br)c(Cl)cc1Cl. The molecule has 4 heteroatoms. The molecule has 0 atom stereocenters. The standard InChI is InChI=1S/C9H10BrCl2N/c1-9(2,3)7-5(11)4-6(12)8(10)13-7/h4H,1-3H3. The monoisotopic (exact) mass is 281 g/mol. The highest BCUT2D eigenvalue weighted by atomic mass is 79.9. The Morgan fingerprint density at radius 1 is 1.23 bits per heavy atom. The minimum Gasteiger partial charge on any atom is -0.242 e. The zero-order valence-corrected chi connectivity index (χ0v) is 10.8. The van der Waals surface area contributed by atoms with Gasteiger partial charge in [-0.25, -0.2) is 4.98 Å². The molecule has 0 saturated carbocycles. The highest BCUT2D eigenvalue weighted by Gasteiger charge is 2.20. The summed E-state index contributed by atoms with van der Waals surface area (Å²) in [6.45, 7) is 6.17. The predicted octanol–water partition coefficient (Wildman–Crippen LogP) is 4.45. The molecule has 0 aliphatic rings. The van der Waals surface area contributed by atoms with Crippen LogP contribution in [0.25, 0.3) is 0 Å². The smallest absolute Gasteiger partial charge is 0.125 e. The molecule has 0 radical (unpaired) electrons. The van der Waals surface area contributed by atoms with Crippen molar-refractivity contribution in [2.75, 3.05) is 0 Å². The Labute approximate surface area is 96.6 Å². The predicted molar refractivity (Wildman–Crippen MR) is 60.7 cm³/mol. The first kappa shape index (κ1) is 11.3. The number of pyridine rings is 1. The number of nitrogens with zero attached hydrogens (tertiary/aromatic N) is 1. The van der Waals surface area contributed by atoms with Crippen LogP contribution in [0.1, 0.15) is 26.5 Å². The summed E-state index contributed by atoms with van der Waals surface area (Å²) in [5, 5.41) is 1.15. The molecular formula is C9H10BrCl2N. The second kappa shape index (κ2) is 3.76. The van der Waals surface area contributed by atoms with Gasteiger partial charge < -0.3 is 0 Å². The highest BCUT2D eigenvalue weighted by Crippen LogP contribution is 2.32. The Kier molecular flexibility index (Phi) is 3.26. The molecule has 1 rings (SSSR count). The lowest BCUT2D eigenvalue weighted by Gasteiger charge is -2.19. The van der Waals surface area contributed by atoms with Crippen molar-refractivity contribution >= 4 is 39.1 Å². The van der Waals surface area contributed by atoms with Gasteiger partial charge in [0.25, 0.3) is 0 Å². The van der Waals surface area contributed by atoms with E-state index in [1.807, 2.05) is 0 Å². The molecule has 1 nitrogen and oxygen atoms in total. The van der Waals surface area contributed by atoms with Crippen LogP contribution in [0.2, 0.25) is 10.0 Å². The van der Waals surface area contributed by atoms with E-state index in [4.69, 9.17) is 23.2 Å². The maximum atomic E-state index is 6.02. The average Bonchev–Trinajstić information content (AvgIpc) is 1.94. The topological polar surface area (TPSA) is 12.9 Å². The van der Waals surface area contributed by atoms with Crippen molar-refractivity contribution in [3.8, 4) is 0 Å². The molecule has 1 aromatic rings. The summed E-state index contributed by atoms with van der Waals surface area (Å²) in [4.78, 5) is 4.30. The summed E-state index contributed by atoms with van der Waals surface area (Å²) in [7, 11) is 0. The van der Waals surface area contributed by atoms with Gasteiger partial charge in [0.2, 0.25) is 0 Å². The van der Waals surface area contributed by atoms with Crippen LogP contribution in [0.3, 0.4) is 0 Å². The summed E-state index contributed by atoms with van der Waals surface area (Å²) < 4.78 is 0.642. The number of hydrogen-bond acceptors (Lipinski definition) is 1. The molecule has 72 valence electrons. The summed E-state index contributed by atoms with van der Waals surface area (Å²) >= 11 is 15.1. The Bertz CT molecular complexity index is 331. The van der Waals surface area contributed by atoms with Gasteiger partial charge in [0.05, 0.1) is 15.7 Å². The van der Waals surface area contributed by atoms with Crippen LogP contribution in [-0.4, -0.2) is 4.98 Å². The third-order valence-electron chi connectivity index (χ3n) is 1.60. The minimum absolute atomic E-state index is 0.0653. The van der Waals surface area contributed by atoms with Crippen LogP contribution in [0.15, 0.2) is 10.7 Å². The van der Waals surface area contributed by atoms with E-state index in [9.17, 15) is 0 Å². The molecule has 0 saturated heterocycles. The highest BCUT2D eigenvalue weighted by molar-refractivity contribution is 9.10. The quantitative estimate of drug-likeness (QED) is 0.641. The van der Waals surface area contributed by atoms with Crippen LogP contribution in [0.4, 0.5) is 0 Å². The molecule has 0 aliphatic carbocycles. The van der Waals surface area contributed by atoms with Gasteiger partial charge in [-0.3, -0.25) is 0 Å². The first-order valence-electron chi connectivity index (χ1n) is 3.84. The van der Waals surface area contributed by atoms with Gasteiger partial charge in [0.15, 0.2) is 0 Å². The van der Waals surface area contributed by atoms with Crippen molar-refractivity contribution in [1.82, 2.24) is 4.98 Å². The van der Waals surface area contributed by atoms with E-state index in [1.165, 1.54) is 0 Å². The van der Waals surface area contributed by atoms with Gasteiger partial charge in [-0.05, 0) is 22.0 Å². The van der Waals surface area contributed by atoms with E-state index >= 15 is 0 Å². The fourth-order valence-corrected chi connectivity index (χ4v) is 1.90. The lowest BCUT2D eigenvalue weighted by Crippen LogP contribution is -2.14. The molecule has 0 bridgehead atoms. The molecule has 1 aromatic heterocycles. The molecule has 0 N–H and O–H groups in total. The Hall–Kier alpha value is 0.210. The third-order valence-corrected chi connectivity index (χ3v) is 3.01. The van der Waals surface area contributed by atoms with Crippen molar-refractivity contribution in [2.45, 2.75) is 26.2 Å². The lowest BCUT2D eigenvalue weighted by atomic mass is 9.92. The lowest BCUT2D eigenvalue weighted by molar-refractivity contribution is 0.568. The van der Waals surface area contributed by atoms with Crippen LogP contribution in [0.5, 0.6) is 0 Å². The summed E-state index contributed by atoms with van der Waals surface area (Å²) in [6.07, 6.45) is 0. The maximum absolute atomic E-state index is 6.02. The molecule has 13 heavy (non-hydrogen) atoms. The second-order valence-corrected chi connectivity index (χ2v) is 5.41. The Morgan fingerprint density at radius 3 is 2.23 bits per heavy atom. The first-order valence-corrected chi connectivity index (χ1v) is 5.39. The van der Waals surface area contributed by atoms with E-state index < -0.39 is 0 Å². The van der Waals surface area contributed by atoms with Crippen LogP contribution < -0.4 is 0 Å². The first-order chi connectivity index (χ1) is 5.82. The Morgan fingerprint density at radius 2 is 1.77 bits per heavy atom. The van der Waals surface area contributed by atoms with Crippen LogP contribution in [-0.2, 0) is 5.41 Å². The molecule has 0 spiro atoms. The number of aromatic nitrogens is 1. The normalized spacial score (nSPS) is 11.8. The van der Waals surface area contributed by atoms with Crippen molar-refractivity contribution in [1.29, 1.82) is 0 Å². The largest absolute Gasteiger partial charge is 0.242 e. The zero-order valence-electron chi connectivity index (χ0n) is 7.66. The zero-order chi connectivity index (χ0) is 10.2. The van der Waals surface area contributed by atoms with Crippen molar-refractivity contribution in [3.63, 3.8) is 0 Å². The summed E-state index contributed by atoms with van der Waals surface area (Å²) in [6, 6.07) is 1.71. The molecule has 1 heterocycles. The van der Waals surface area contributed by atoms with Crippen molar-refractivity contribution in [2.24, 2.45) is 0 Å². The summed E-state index contributed by atoms with van der Waals surface area (Å²) in [5.41, 5.74) is 0.787.